The highest BCUT2D eigenvalue weighted by Crippen LogP contribution is 2.41. The molecular formula is C18H13F6N3. The molecule has 0 fully saturated rings. The number of imidazole rings is 1. The highest BCUT2D eigenvalue weighted by Gasteiger charge is 2.41. The largest absolute Gasteiger partial charge is 0.418 e. The summed E-state index contributed by atoms with van der Waals surface area (Å²) < 4.78 is 79.1. The smallest absolute Gasteiger partial charge is 0.340 e. The van der Waals surface area contributed by atoms with Crippen molar-refractivity contribution >= 4 is 11.0 Å². The molecule has 0 bridgehead atoms. The van der Waals surface area contributed by atoms with Gasteiger partial charge in [0, 0.05) is 0 Å². The number of hydrogen-bond donors (Lipinski definition) is 2. The Kier molecular flexibility index (Phi) is 3.62. The van der Waals surface area contributed by atoms with Crippen molar-refractivity contribution in [1.29, 1.82) is 0 Å². The zero-order valence-electron chi connectivity index (χ0n) is 13.7. The number of benzene rings is 2. The van der Waals surface area contributed by atoms with E-state index in [1.54, 1.807) is 0 Å². The third-order valence-corrected chi connectivity index (χ3v) is 4.83. The molecule has 2 aromatic carbocycles. The first-order valence-corrected chi connectivity index (χ1v) is 8.02. The van der Waals surface area contributed by atoms with Gasteiger partial charge in [0.1, 0.15) is 5.82 Å². The van der Waals surface area contributed by atoms with E-state index < -0.39 is 40.1 Å². The fraction of sp³-hybridized carbons (Fsp3) is 0.278. The van der Waals surface area contributed by atoms with E-state index in [-0.39, 0.29) is 11.9 Å². The molecule has 27 heavy (non-hydrogen) atoms. The molecule has 3 N–H and O–H groups in total. The van der Waals surface area contributed by atoms with Crippen LogP contribution in [0.4, 0.5) is 26.3 Å². The number of rotatable bonds is 1. The van der Waals surface area contributed by atoms with Crippen LogP contribution in [0.1, 0.15) is 28.1 Å². The molecule has 9 heteroatoms. The summed E-state index contributed by atoms with van der Waals surface area (Å²) >= 11 is 0. The summed E-state index contributed by atoms with van der Waals surface area (Å²) in [5.41, 5.74) is 3.43. The highest BCUT2D eigenvalue weighted by molar-refractivity contribution is 5.81. The average Bonchev–Trinajstić information content (AvgIpc) is 3.12. The molecule has 4 rings (SSSR count). The first-order valence-electron chi connectivity index (χ1n) is 8.02. The minimum atomic E-state index is -4.97. The summed E-state index contributed by atoms with van der Waals surface area (Å²) in [4.78, 5) is 6.56. The lowest BCUT2D eigenvalue weighted by molar-refractivity contribution is -0.142. The van der Waals surface area contributed by atoms with E-state index in [1.165, 1.54) is 0 Å². The highest BCUT2D eigenvalue weighted by atomic mass is 19.4. The molecule has 3 nitrogen and oxygen atoms in total. The van der Waals surface area contributed by atoms with Crippen LogP contribution >= 0.6 is 0 Å². The summed E-state index contributed by atoms with van der Waals surface area (Å²) in [5, 5.41) is 0. The number of nitrogens with two attached hydrogens (primary N) is 1. The van der Waals surface area contributed by atoms with Gasteiger partial charge in [-0.3, -0.25) is 0 Å². The summed E-state index contributed by atoms with van der Waals surface area (Å²) in [5.74, 6) is 0.0403. The quantitative estimate of drug-likeness (QED) is 0.604. The zero-order chi connectivity index (χ0) is 19.6. The third-order valence-electron chi connectivity index (χ3n) is 4.83. The van der Waals surface area contributed by atoms with E-state index in [2.05, 4.69) is 9.97 Å². The number of nitrogens with one attached hydrogen (secondary N) is 1. The maximum Gasteiger partial charge on any atom is 0.418 e. The van der Waals surface area contributed by atoms with Gasteiger partial charge >= 0.3 is 12.4 Å². The van der Waals surface area contributed by atoms with Crippen LogP contribution < -0.4 is 5.73 Å². The second-order valence-corrected chi connectivity index (χ2v) is 6.78. The van der Waals surface area contributed by atoms with Crippen molar-refractivity contribution in [2.45, 2.75) is 30.7 Å². The third kappa shape index (κ3) is 2.95. The van der Waals surface area contributed by atoms with E-state index in [0.717, 1.165) is 11.1 Å². The molecule has 0 saturated carbocycles. The number of aromatic amines is 1. The molecule has 0 spiro atoms. The number of aromatic nitrogens is 2. The predicted octanol–water partition coefficient (Wildman–Crippen LogP) is 4.55. The van der Waals surface area contributed by atoms with Crippen molar-refractivity contribution in [2.24, 2.45) is 5.73 Å². The van der Waals surface area contributed by atoms with Crippen LogP contribution in [0.2, 0.25) is 0 Å². The lowest BCUT2D eigenvalue weighted by atomic mass is 9.96. The minimum absolute atomic E-state index is 0.0403. The fourth-order valence-corrected chi connectivity index (χ4v) is 3.55. The number of H-pyrrole nitrogens is 1. The van der Waals surface area contributed by atoms with Gasteiger partial charge < -0.3 is 10.7 Å². The summed E-state index contributed by atoms with van der Waals surface area (Å²) in [6.45, 7) is 0. The van der Waals surface area contributed by atoms with Crippen molar-refractivity contribution in [3.05, 3.63) is 64.5 Å². The molecule has 1 aliphatic rings. The first-order chi connectivity index (χ1) is 12.5. The first kappa shape index (κ1) is 17.8. The molecular weight excluding hydrogens is 372 g/mol. The maximum absolute atomic E-state index is 13.3. The Morgan fingerprint density at radius 3 is 2.04 bits per heavy atom. The van der Waals surface area contributed by atoms with Crippen LogP contribution in [0, 0.1) is 0 Å². The molecule has 1 aromatic heterocycles. The second kappa shape index (κ2) is 5.48. The van der Waals surface area contributed by atoms with E-state index in [1.807, 2.05) is 24.3 Å². The topological polar surface area (TPSA) is 54.7 Å². The maximum atomic E-state index is 13.3. The van der Waals surface area contributed by atoms with Gasteiger partial charge in [0.05, 0.1) is 27.7 Å². The normalized spacial score (nSPS) is 16.7. The molecule has 3 aromatic rings. The van der Waals surface area contributed by atoms with Crippen LogP contribution in [0.5, 0.6) is 0 Å². The minimum Gasteiger partial charge on any atom is -0.340 e. The van der Waals surface area contributed by atoms with Crippen LogP contribution in [-0.4, -0.2) is 9.97 Å². The molecule has 0 radical (unpaired) electrons. The Bertz CT molecular complexity index is 1010. The SMILES string of the molecule is NC1(c2nc3cc(C(F)(F)F)cc(C(F)(F)F)c3[nH]2)Cc2ccccc2C1. The van der Waals surface area contributed by atoms with Crippen molar-refractivity contribution in [3.63, 3.8) is 0 Å². The number of nitrogens with zero attached hydrogens (tertiary/aromatic N) is 1. The van der Waals surface area contributed by atoms with E-state index >= 15 is 0 Å². The molecule has 1 aliphatic carbocycles. The van der Waals surface area contributed by atoms with Gasteiger partial charge in [-0.1, -0.05) is 24.3 Å². The van der Waals surface area contributed by atoms with Crippen LogP contribution in [-0.2, 0) is 30.7 Å². The summed E-state index contributed by atoms with van der Waals surface area (Å²) in [6.07, 6.45) is -9.23. The van der Waals surface area contributed by atoms with E-state index in [4.69, 9.17) is 5.73 Å². The summed E-state index contributed by atoms with van der Waals surface area (Å²) in [7, 11) is 0. The Morgan fingerprint density at radius 2 is 1.52 bits per heavy atom. The van der Waals surface area contributed by atoms with E-state index in [0.29, 0.717) is 18.9 Å². The molecule has 0 aliphatic heterocycles. The monoisotopic (exact) mass is 385 g/mol. The predicted molar refractivity (Wildman–Crippen MR) is 85.8 cm³/mol. The van der Waals surface area contributed by atoms with Crippen molar-refractivity contribution in [2.75, 3.05) is 0 Å². The Labute approximate surface area is 149 Å². The lowest BCUT2D eigenvalue weighted by Gasteiger charge is -2.20. The number of halogens is 6. The number of alkyl halides is 6. The Morgan fingerprint density at radius 1 is 0.926 bits per heavy atom. The van der Waals surface area contributed by atoms with E-state index in [9.17, 15) is 26.3 Å². The number of fused-ring (bicyclic) bond motifs is 2. The zero-order valence-corrected chi connectivity index (χ0v) is 13.7. The van der Waals surface area contributed by atoms with Crippen LogP contribution in [0.3, 0.4) is 0 Å². The van der Waals surface area contributed by atoms with Crippen LogP contribution in [0.25, 0.3) is 11.0 Å². The number of hydrogen-bond acceptors (Lipinski definition) is 2. The van der Waals surface area contributed by atoms with Gasteiger partial charge in [-0.25, -0.2) is 4.98 Å². The standard InChI is InChI=1S/C18H13F6N3/c19-17(20,21)11-5-12(18(22,23)24)14-13(6-11)26-15(27-14)16(25)7-9-3-1-2-4-10(9)8-16/h1-6H,7-8,25H2,(H,26,27). The van der Waals surface area contributed by atoms with Gasteiger partial charge in [-0.15, -0.1) is 0 Å². The molecule has 1 heterocycles. The van der Waals surface area contributed by atoms with Gasteiger partial charge in [-0.05, 0) is 36.1 Å². The van der Waals surface area contributed by atoms with Gasteiger partial charge in [0.2, 0.25) is 0 Å². The average molecular weight is 385 g/mol. The van der Waals surface area contributed by atoms with Crippen molar-refractivity contribution < 1.29 is 26.3 Å². The molecule has 142 valence electrons. The molecule has 0 saturated heterocycles. The lowest BCUT2D eigenvalue weighted by Crippen LogP contribution is -2.38. The molecule has 0 unspecified atom stereocenters. The van der Waals surface area contributed by atoms with Crippen molar-refractivity contribution in [1.82, 2.24) is 9.97 Å². The molecule has 0 atom stereocenters. The Balaban J connectivity index is 1.88. The van der Waals surface area contributed by atoms with Gasteiger partial charge in [-0.2, -0.15) is 26.3 Å². The summed E-state index contributed by atoms with van der Waals surface area (Å²) in [6, 6.07) is 8.05. The van der Waals surface area contributed by atoms with Gasteiger partial charge in [0.25, 0.3) is 0 Å². The van der Waals surface area contributed by atoms with Gasteiger partial charge in [0.15, 0.2) is 0 Å². The fourth-order valence-electron chi connectivity index (χ4n) is 3.55. The Hall–Kier alpha value is -2.55. The molecule has 0 amide bonds. The second-order valence-electron chi connectivity index (χ2n) is 6.78. The van der Waals surface area contributed by atoms with Crippen molar-refractivity contribution in [3.8, 4) is 0 Å². The van der Waals surface area contributed by atoms with Crippen LogP contribution in [0.15, 0.2) is 36.4 Å².